The molecule has 3 rings (SSSR count). The molecule has 142 valence electrons. The van der Waals surface area contributed by atoms with Gasteiger partial charge in [-0.1, -0.05) is 24.3 Å². The van der Waals surface area contributed by atoms with E-state index in [2.05, 4.69) is 11.0 Å². The van der Waals surface area contributed by atoms with Crippen LogP contribution in [0, 0.1) is 5.92 Å². The molecule has 26 heavy (non-hydrogen) atoms. The zero-order valence-corrected chi connectivity index (χ0v) is 16.2. The zero-order valence-electron chi connectivity index (χ0n) is 15.4. The topological polar surface area (TPSA) is 73.7 Å². The molecule has 1 aliphatic rings. The number of aliphatic hydroxyl groups excluding tert-OH is 1. The molecule has 2 aromatic rings. The van der Waals surface area contributed by atoms with Crippen molar-refractivity contribution >= 4 is 20.9 Å². The molecule has 0 saturated carbocycles. The lowest BCUT2D eigenvalue weighted by Crippen LogP contribution is -2.29. The summed E-state index contributed by atoms with van der Waals surface area (Å²) in [5, 5.41) is 11.5. The maximum absolute atomic E-state index is 11.8. The minimum Gasteiger partial charge on any atom is -0.391 e. The zero-order chi connectivity index (χ0) is 18.7. The Morgan fingerprint density at radius 1 is 1.19 bits per heavy atom. The Morgan fingerprint density at radius 2 is 1.96 bits per heavy atom. The minimum atomic E-state index is -3.15. The molecule has 1 aliphatic heterocycles. The summed E-state index contributed by atoms with van der Waals surface area (Å²) in [5.41, 5.74) is 1.97. The molecule has 1 N–H and O–H groups in total. The fourth-order valence-electron chi connectivity index (χ4n) is 3.47. The summed E-state index contributed by atoms with van der Waals surface area (Å²) in [6.07, 6.45) is 0.917. The maximum Gasteiger partial charge on any atom is 0.213 e. The van der Waals surface area contributed by atoms with E-state index in [0.717, 1.165) is 29.6 Å². The Hall–Kier alpha value is -1.54. The molecule has 7 heteroatoms. The van der Waals surface area contributed by atoms with Crippen molar-refractivity contribution in [2.75, 3.05) is 39.5 Å². The number of sulfonamides is 1. The van der Waals surface area contributed by atoms with Crippen molar-refractivity contribution in [2.45, 2.75) is 18.9 Å². The fourth-order valence-corrected chi connectivity index (χ4v) is 4.33. The summed E-state index contributed by atoms with van der Waals surface area (Å²) in [4.78, 5) is 6.85. The Labute approximate surface area is 155 Å². The maximum atomic E-state index is 11.8. The number of hydrogen-bond donors (Lipinski definition) is 1. The molecule has 0 amide bonds. The summed E-state index contributed by atoms with van der Waals surface area (Å²) in [6, 6.07) is 12.1. The first kappa shape index (κ1) is 19.2. The van der Waals surface area contributed by atoms with E-state index in [4.69, 9.17) is 4.98 Å². The van der Waals surface area contributed by atoms with Crippen molar-refractivity contribution in [2.24, 2.45) is 5.92 Å². The highest BCUT2D eigenvalue weighted by Gasteiger charge is 2.31. The van der Waals surface area contributed by atoms with E-state index >= 15 is 0 Å². The van der Waals surface area contributed by atoms with Crippen molar-refractivity contribution in [3.63, 3.8) is 0 Å². The molecule has 1 aromatic carbocycles. The lowest BCUT2D eigenvalue weighted by Gasteiger charge is -2.16. The molecular weight excluding hydrogens is 350 g/mol. The minimum absolute atomic E-state index is 0.133. The molecule has 1 aromatic heterocycles. The van der Waals surface area contributed by atoms with Crippen LogP contribution in [-0.4, -0.2) is 73.3 Å². The van der Waals surface area contributed by atoms with Gasteiger partial charge in [-0.3, -0.25) is 4.98 Å². The molecule has 2 atom stereocenters. The van der Waals surface area contributed by atoms with Crippen LogP contribution >= 0.6 is 0 Å². The summed E-state index contributed by atoms with van der Waals surface area (Å²) in [5.74, 6) is 0.276. The normalized spacial score (nSPS) is 21.7. The van der Waals surface area contributed by atoms with Gasteiger partial charge < -0.3 is 10.0 Å². The van der Waals surface area contributed by atoms with Gasteiger partial charge in [-0.25, -0.2) is 12.7 Å². The monoisotopic (exact) mass is 377 g/mol. The number of β-amino-alcohol motifs (C(OH)–C–C–N with tert-alkyl or cyclic N) is 1. The second-order valence-electron chi connectivity index (χ2n) is 7.24. The number of hydrogen-bond acceptors (Lipinski definition) is 5. The first-order valence-corrected chi connectivity index (χ1v) is 10.6. The van der Waals surface area contributed by atoms with Crippen LogP contribution in [0.3, 0.4) is 0 Å². The van der Waals surface area contributed by atoms with E-state index in [-0.39, 0.29) is 11.7 Å². The smallest absolute Gasteiger partial charge is 0.213 e. The average Bonchev–Trinajstić information content (AvgIpc) is 2.94. The Morgan fingerprint density at radius 3 is 2.73 bits per heavy atom. The van der Waals surface area contributed by atoms with E-state index in [1.54, 1.807) is 14.1 Å². The lowest BCUT2D eigenvalue weighted by atomic mass is 9.99. The van der Waals surface area contributed by atoms with Crippen molar-refractivity contribution in [3.05, 3.63) is 42.1 Å². The molecule has 0 unspecified atom stereocenters. The quantitative estimate of drug-likeness (QED) is 0.789. The Kier molecular flexibility index (Phi) is 5.92. The number of likely N-dealkylation sites (tertiary alicyclic amines) is 1. The van der Waals surface area contributed by atoms with Gasteiger partial charge in [-0.15, -0.1) is 0 Å². The van der Waals surface area contributed by atoms with Gasteiger partial charge >= 0.3 is 0 Å². The number of nitrogens with zero attached hydrogens (tertiary/aromatic N) is 3. The summed E-state index contributed by atoms with van der Waals surface area (Å²) in [6.45, 7) is 2.06. The number of para-hydroxylation sites is 1. The summed E-state index contributed by atoms with van der Waals surface area (Å²) in [7, 11) is -0.0380. The number of fused-ring (bicyclic) bond motifs is 1. The van der Waals surface area contributed by atoms with Crippen LogP contribution in [-0.2, 0) is 16.4 Å². The first-order valence-electron chi connectivity index (χ1n) is 9.00. The SMILES string of the molecule is CN(C)S(=O)(=O)CCCN1C[C@@H](Cc2ccc3ccccc3n2)[C@H](O)C1. The molecule has 0 spiro atoms. The Balaban J connectivity index is 1.55. The van der Waals surface area contributed by atoms with Gasteiger partial charge in [-0.05, 0) is 31.5 Å². The van der Waals surface area contributed by atoms with Crippen LogP contribution in [0.4, 0.5) is 0 Å². The van der Waals surface area contributed by atoms with Crippen molar-refractivity contribution in [1.29, 1.82) is 0 Å². The van der Waals surface area contributed by atoms with Gasteiger partial charge in [0.05, 0.1) is 17.4 Å². The summed E-state index contributed by atoms with van der Waals surface area (Å²) < 4.78 is 24.9. The van der Waals surface area contributed by atoms with Gasteiger partial charge in [-0.2, -0.15) is 0 Å². The van der Waals surface area contributed by atoms with Crippen molar-refractivity contribution in [3.8, 4) is 0 Å². The molecule has 0 radical (unpaired) electrons. The predicted molar refractivity (Wildman–Crippen MR) is 103 cm³/mol. The third-order valence-corrected chi connectivity index (χ3v) is 6.96. The van der Waals surface area contributed by atoms with Crippen LogP contribution in [0.25, 0.3) is 10.9 Å². The largest absolute Gasteiger partial charge is 0.391 e. The van der Waals surface area contributed by atoms with E-state index < -0.39 is 16.1 Å². The molecule has 2 heterocycles. The predicted octanol–water partition coefficient (Wildman–Crippen LogP) is 1.35. The third-order valence-electron chi connectivity index (χ3n) is 5.04. The van der Waals surface area contributed by atoms with Gasteiger partial charge in [0.2, 0.25) is 10.0 Å². The Bertz CT molecular complexity index is 854. The van der Waals surface area contributed by atoms with Gasteiger partial charge in [0, 0.05) is 44.2 Å². The second-order valence-corrected chi connectivity index (χ2v) is 9.54. The van der Waals surface area contributed by atoms with Crippen molar-refractivity contribution < 1.29 is 13.5 Å². The van der Waals surface area contributed by atoms with Crippen LogP contribution < -0.4 is 0 Å². The van der Waals surface area contributed by atoms with Crippen LogP contribution in [0.1, 0.15) is 12.1 Å². The molecule has 6 nitrogen and oxygen atoms in total. The number of pyridine rings is 1. The van der Waals surface area contributed by atoms with Crippen LogP contribution in [0.5, 0.6) is 0 Å². The van der Waals surface area contributed by atoms with E-state index in [1.165, 1.54) is 4.31 Å². The van der Waals surface area contributed by atoms with Crippen molar-refractivity contribution in [1.82, 2.24) is 14.2 Å². The number of benzene rings is 1. The highest BCUT2D eigenvalue weighted by Crippen LogP contribution is 2.22. The number of aliphatic hydroxyl groups is 1. The van der Waals surface area contributed by atoms with Gasteiger partial charge in [0.1, 0.15) is 0 Å². The molecule has 1 saturated heterocycles. The van der Waals surface area contributed by atoms with Gasteiger partial charge in [0.25, 0.3) is 0 Å². The lowest BCUT2D eigenvalue weighted by molar-refractivity contribution is 0.141. The first-order chi connectivity index (χ1) is 12.3. The van der Waals surface area contributed by atoms with E-state index in [0.29, 0.717) is 19.5 Å². The fraction of sp³-hybridized carbons (Fsp3) is 0.526. The highest BCUT2D eigenvalue weighted by atomic mass is 32.2. The van der Waals surface area contributed by atoms with Gasteiger partial charge in [0.15, 0.2) is 0 Å². The van der Waals surface area contributed by atoms with E-state index in [1.807, 2.05) is 30.3 Å². The summed E-state index contributed by atoms with van der Waals surface area (Å²) >= 11 is 0. The van der Waals surface area contributed by atoms with Crippen LogP contribution in [0.15, 0.2) is 36.4 Å². The number of rotatable bonds is 7. The van der Waals surface area contributed by atoms with Crippen LogP contribution in [0.2, 0.25) is 0 Å². The van der Waals surface area contributed by atoms with E-state index in [9.17, 15) is 13.5 Å². The second kappa shape index (κ2) is 8.00. The third kappa shape index (κ3) is 4.59. The standard InChI is InChI=1S/C19H27N3O3S/c1-21(2)26(24,25)11-5-10-22-13-16(19(23)14-22)12-17-9-8-15-6-3-4-7-18(15)20-17/h3-4,6-9,16,19,23H,5,10-14H2,1-2H3/t16-,19-/m1/s1. The average molecular weight is 378 g/mol. The molecule has 1 fully saturated rings. The molecule has 0 aliphatic carbocycles. The highest BCUT2D eigenvalue weighted by molar-refractivity contribution is 7.89. The molecule has 0 bridgehead atoms. The molecular formula is C19H27N3O3S. The number of aromatic nitrogens is 1.